The Bertz CT molecular complexity index is 466. The van der Waals surface area contributed by atoms with E-state index >= 15 is 0 Å². The van der Waals surface area contributed by atoms with Gasteiger partial charge in [-0.3, -0.25) is 4.79 Å². The van der Waals surface area contributed by atoms with Gasteiger partial charge in [0.05, 0.1) is 11.9 Å². The van der Waals surface area contributed by atoms with Gasteiger partial charge in [0.2, 0.25) is 0 Å². The maximum atomic E-state index is 12.0. The molecule has 2 rings (SSSR count). The zero-order valence-electron chi connectivity index (χ0n) is 12.2. The van der Waals surface area contributed by atoms with E-state index in [1.54, 1.807) is 12.3 Å². The molecule has 112 valence electrons. The van der Waals surface area contributed by atoms with E-state index in [0.717, 1.165) is 51.1 Å². The molecular weight excluding hydrogens is 256 g/mol. The Morgan fingerprint density at radius 2 is 1.95 bits per heavy atom. The molecule has 0 aromatic carbocycles. The monoisotopic (exact) mass is 280 g/mol. The van der Waals surface area contributed by atoms with Gasteiger partial charge in [0.15, 0.2) is 0 Å². The fraction of sp³-hybridized carbons (Fsp3) is 0.714. The molecule has 1 aliphatic heterocycles. The van der Waals surface area contributed by atoms with Crippen LogP contribution in [0.5, 0.6) is 0 Å². The molecule has 0 aliphatic carbocycles. The van der Waals surface area contributed by atoms with Crippen molar-refractivity contribution >= 4 is 5.69 Å². The molecule has 1 aromatic heterocycles. The molecule has 1 saturated heterocycles. The van der Waals surface area contributed by atoms with Gasteiger partial charge in [0.1, 0.15) is 0 Å². The van der Waals surface area contributed by atoms with Crippen LogP contribution in [-0.2, 0) is 6.54 Å². The van der Waals surface area contributed by atoms with Crippen LogP contribution < -0.4 is 10.5 Å². The van der Waals surface area contributed by atoms with Crippen LogP contribution in [-0.4, -0.2) is 59.6 Å². The molecular formula is C14H24N4O2. The van der Waals surface area contributed by atoms with E-state index in [1.807, 2.05) is 0 Å². The van der Waals surface area contributed by atoms with Crippen LogP contribution >= 0.6 is 0 Å². The predicted molar refractivity (Wildman–Crippen MR) is 79.1 cm³/mol. The smallest absolute Gasteiger partial charge is 0.268 e. The van der Waals surface area contributed by atoms with Crippen LogP contribution in [0.4, 0.5) is 5.69 Å². The van der Waals surface area contributed by atoms with E-state index in [0.29, 0.717) is 6.54 Å². The molecule has 0 saturated carbocycles. The summed E-state index contributed by atoms with van der Waals surface area (Å²) in [6, 6.07) is 1.68. The fourth-order valence-electron chi connectivity index (χ4n) is 2.38. The molecule has 1 aliphatic rings. The van der Waals surface area contributed by atoms with E-state index < -0.39 is 0 Å². The zero-order valence-corrected chi connectivity index (χ0v) is 12.2. The quantitative estimate of drug-likeness (QED) is 0.752. The summed E-state index contributed by atoms with van der Waals surface area (Å²) in [7, 11) is 2.11. The Kier molecular flexibility index (Phi) is 5.55. The van der Waals surface area contributed by atoms with Gasteiger partial charge in [-0.2, -0.15) is 5.10 Å². The van der Waals surface area contributed by atoms with Crippen molar-refractivity contribution in [2.75, 3.05) is 44.7 Å². The Morgan fingerprint density at radius 1 is 1.20 bits per heavy atom. The van der Waals surface area contributed by atoms with E-state index in [-0.39, 0.29) is 12.2 Å². The highest BCUT2D eigenvalue weighted by molar-refractivity contribution is 5.43. The summed E-state index contributed by atoms with van der Waals surface area (Å²) in [5.41, 5.74) is 0.889. The second-order valence-electron chi connectivity index (χ2n) is 5.35. The highest BCUT2D eigenvalue weighted by Crippen LogP contribution is 2.12. The summed E-state index contributed by atoms with van der Waals surface area (Å²) < 4.78 is 1.51. The molecule has 0 spiro atoms. The molecule has 6 nitrogen and oxygen atoms in total. The van der Waals surface area contributed by atoms with Crippen LogP contribution in [0.1, 0.15) is 19.3 Å². The van der Waals surface area contributed by atoms with E-state index in [2.05, 4.69) is 21.9 Å². The maximum absolute atomic E-state index is 12.0. The van der Waals surface area contributed by atoms with E-state index in [1.165, 1.54) is 4.68 Å². The molecule has 0 unspecified atom stereocenters. The van der Waals surface area contributed by atoms with Gasteiger partial charge in [-0.1, -0.05) is 0 Å². The fourth-order valence-corrected chi connectivity index (χ4v) is 2.38. The van der Waals surface area contributed by atoms with Crippen LogP contribution in [0.2, 0.25) is 0 Å². The van der Waals surface area contributed by atoms with Crippen molar-refractivity contribution < 1.29 is 5.11 Å². The number of piperazine rings is 1. The third kappa shape index (κ3) is 4.05. The number of anilines is 1. The van der Waals surface area contributed by atoms with Crippen LogP contribution in [0, 0.1) is 0 Å². The molecule has 0 radical (unpaired) electrons. The summed E-state index contributed by atoms with van der Waals surface area (Å²) in [6.45, 7) is 4.76. The van der Waals surface area contributed by atoms with E-state index in [9.17, 15) is 4.79 Å². The van der Waals surface area contributed by atoms with Gasteiger partial charge in [0.25, 0.3) is 5.56 Å². The lowest BCUT2D eigenvalue weighted by atomic mass is 10.2. The molecule has 0 atom stereocenters. The summed E-state index contributed by atoms with van der Waals surface area (Å²) in [5, 5.41) is 13.0. The number of aromatic nitrogens is 2. The highest BCUT2D eigenvalue weighted by atomic mass is 16.2. The molecule has 1 N–H and O–H groups in total. The number of unbranched alkanes of at least 4 members (excludes halogenated alkanes) is 2. The molecule has 0 bridgehead atoms. The number of hydrogen-bond acceptors (Lipinski definition) is 5. The van der Waals surface area contributed by atoms with Crippen LogP contribution in [0.3, 0.4) is 0 Å². The summed E-state index contributed by atoms with van der Waals surface area (Å²) in [4.78, 5) is 16.5. The number of rotatable bonds is 6. The molecule has 1 fully saturated rings. The van der Waals surface area contributed by atoms with Crippen molar-refractivity contribution in [3.05, 3.63) is 22.6 Å². The first-order chi connectivity index (χ1) is 9.70. The Morgan fingerprint density at radius 3 is 2.60 bits per heavy atom. The highest BCUT2D eigenvalue weighted by Gasteiger charge is 2.15. The number of likely N-dealkylation sites (N-methyl/N-ethyl adjacent to an activating group) is 1. The van der Waals surface area contributed by atoms with Crippen molar-refractivity contribution in [2.45, 2.75) is 25.8 Å². The molecule has 6 heteroatoms. The van der Waals surface area contributed by atoms with E-state index in [4.69, 9.17) is 5.11 Å². The van der Waals surface area contributed by atoms with Gasteiger partial charge >= 0.3 is 0 Å². The zero-order chi connectivity index (χ0) is 14.4. The Labute approximate surface area is 119 Å². The largest absolute Gasteiger partial charge is 0.396 e. The third-order valence-corrected chi connectivity index (χ3v) is 3.75. The van der Waals surface area contributed by atoms with Crippen molar-refractivity contribution in [3.8, 4) is 0 Å². The lowest BCUT2D eigenvalue weighted by molar-refractivity contribution is 0.281. The van der Waals surface area contributed by atoms with Gasteiger partial charge in [-0.15, -0.1) is 0 Å². The predicted octanol–water partition coefficient (Wildman–Crippen LogP) is 0.158. The second kappa shape index (κ2) is 7.40. The van der Waals surface area contributed by atoms with Crippen molar-refractivity contribution in [3.63, 3.8) is 0 Å². The lowest BCUT2D eigenvalue weighted by Gasteiger charge is -2.33. The molecule has 1 aromatic rings. The third-order valence-electron chi connectivity index (χ3n) is 3.75. The molecule has 0 amide bonds. The van der Waals surface area contributed by atoms with Crippen molar-refractivity contribution in [2.24, 2.45) is 0 Å². The molecule has 2 heterocycles. The topological polar surface area (TPSA) is 61.6 Å². The SMILES string of the molecule is CN1CCN(c2cnn(CCCCCO)c(=O)c2)CC1. The number of hydrogen-bond donors (Lipinski definition) is 1. The first-order valence-electron chi connectivity index (χ1n) is 7.32. The molecule has 20 heavy (non-hydrogen) atoms. The normalized spacial score (nSPS) is 16.6. The number of aryl methyl sites for hydroxylation is 1. The Hall–Kier alpha value is -1.40. The lowest BCUT2D eigenvalue weighted by Crippen LogP contribution is -2.45. The van der Waals surface area contributed by atoms with Gasteiger partial charge in [0, 0.05) is 45.4 Å². The second-order valence-corrected chi connectivity index (χ2v) is 5.35. The Balaban J connectivity index is 1.93. The van der Waals surface area contributed by atoms with Crippen molar-refractivity contribution in [1.82, 2.24) is 14.7 Å². The first kappa shape index (κ1) is 15.0. The standard InChI is InChI=1S/C14H24N4O2/c1-16-6-8-17(9-7-16)13-11-14(20)18(15-12-13)5-3-2-4-10-19/h11-12,19H,2-10H2,1H3. The van der Waals surface area contributed by atoms with Crippen molar-refractivity contribution in [1.29, 1.82) is 0 Å². The van der Waals surface area contributed by atoms with Gasteiger partial charge in [-0.25, -0.2) is 4.68 Å². The summed E-state index contributed by atoms with van der Waals surface area (Å²) in [5.74, 6) is 0. The average molecular weight is 280 g/mol. The number of aliphatic hydroxyl groups excluding tert-OH is 1. The first-order valence-corrected chi connectivity index (χ1v) is 7.32. The maximum Gasteiger partial charge on any atom is 0.268 e. The summed E-state index contributed by atoms with van der Waals surface area (Å²) >= 11 is 0. The van der Waals surface area contributed by atoms with Gasteiger partial charge < -0.3 is 14.9 Å². The number of nitrogens with zero attached hydrogens (tertiary/aromatic N) is 4. The van der Waals surface area contributed by atoms with Gasteiger partial charge in [-0.05, 0) is 26.3 Å². The number of aliphatic hydroxyl groups is 1. The summed E-state index contributed by atoms with van der Waals surface area (Å²) in [6.07, 6.45) is 4.37. The van der Waals surface area contributed by atoms with Crippen LogP contribution in [0.15, 0.2) is 17.1 Å². The van der Waals surface area contributed by atoms with Crippen LogP contribution in [0.25, 0.3) is 0 Å². The average Bonchev–Trinajstić information content (AvgIpc) is 2.46. The minimum absolute atomic E-state index is 0.0366. The minimum Gasteiger partial charge on any atom is -0.396 e. The minimum atomic E-state index is -0.0366.